The van der Waals surface area contributed by atoms with E-state index in [0.29, 0.717) is 0 Å². The molecule has 8 nitrogen and oxygen atoms in total. The first kappa shape index (κ1) is 13.1. The third kappa shape index (κ3) is 3.80. The molecule has 0 aliphatic heterocycles. The van der Waals surface area contributed by atoms with Gasteiger partial charge >= 0.3 is 5.97 Å². The van der Waals surface area contributed by atoms with E-state index in [9.17, 15) is 14.4 Å². The van der Waals surface area contributed by atoms with Crippen LogP contribution >= 0.6 is 0 Å². The van der Waals surface area contributed by atoms with Crippen molar-refractivity contribution in [3.63, 3.8) is 0 Å². The molecule has 3 N–H and O–H groups in total. The molecule has 1 fully saturated rings. The molecule has 102 valence electrons. The summed E-state index contributed by atoms with van der Waals surface area (Å²) in [5, 5.41) is 17.2. The summed E-state index contributed by atoms with van der Waals surface area (Å²) in [6, 6.07) is 1.32. The zero-order chi connectivity index (χ0) is 13.8. The Balaban J connectivity index is 1.73. The second-order valence-electron chi connectivity index (χ2n) is 4.23. The van der Waals surface area contributed by atoms with Crippen molar-refractivity contribution < 1.29 is 24.0 Å². The molecule has 0 atom stereocenters. The van der Waals surface area contributed by atoms with Gasteiger partial charge in [0.2, 0.25) is 11.7 Å². The molecule has 1 aromatic heterocycles. The van der Waals surface area contributed by atoms with Crippen LogP contribution in [0.25, 0.3) is 0 Å². The van der Waals surface area contributed by atoms with E-state index >= 15 is 0 Å². The monoisotopic (exact) mass is 267 g/mol. The smallest absolute Gasteiger partial charge is 0.374 e. The van der Waals surface area contributed by atoms with E-state index in [1.807, 2.05) is 0 Å². The van der Waals surface area contributed by atoms with Crippen LogP contribution in [0.3, 0.4) is 0 Å². The minimum Gasteiger partial charge on any atom is -0.475 e. The number of hydrogen-bond donors (Lipinski definition) is 3. The third-order valence-electron chi connectivity index (χ3n) is 2.53. The standard InChI is InChI=1S/C11H13N3O5/c15-9(13-6-1-2-6)3-4-12-10(16)7-5-8(11(17)18)19-14-7/h5-6H,1-4H2,(H,12,16)(H,13,15)(H,17,18). The second-order valence-corrected chi connectivity index (χ2v) is 4.23. The first-order valence-corrected chi connectivity index (χ1v) is 5.84. The van der Waals surface area contributed by atoms with E-state index in [1.54, 1.807) is 0 Å². The number of aromatic nitrogens is 1. The highest BCUT2D eigenvalue weighted by atomic mass is 16.5. The lowest BCUT2D eigenvalue weighted by Crippen LogP contribution is -2.31. The number of nitrogens with one attached hydrogen (secondary N) is 2. The van der Waals surface area contributed by atoms with E-state index in [0.717, 1.165) is 18.9 Å². The van der Waals surface area contributed by atoms with Crippen LogP contribution in [0.5, 0.6) is 0 Å². The maximum Gasteiger partial charge on any atom is 0.374 e. The fourth-order valence-corrected chi connectivity index (χ4v) is 1.39. The van der Waals surface area contributed by atoms with Crippen molar-refractivity contribution in [2.45, 2.75) is 25.3 Å². The maximum atomic E-state index is 11.5. The highest BCUT2D eigenvalue weighted by Crippen LogP contribution is 2.18. The van der Waals surface area contributed by atoms with Crippen molar-refractivity contribution in [1.29, 1.82) is 0 Å². The molecule has 0 unspecified atom stereocenters. The first-order chi connectivity index (χ1) is 9.06. The van der Waals surface area contributed by atoms with Crippen LogP contribution in [0.4, 0.5) is 0 Å². The molecule has 2 amide bonds. The summed E-state index contributed by atoms with van der Waals surface area (Å²) in [7, 11) is 0. The SMILES string of the molecule is O=C(CCNC(=O)c1cc(C(=O)O)on1)NC1CC1. The Labute approximate surface area is 108 Å². The average Bonchev–Trinajstić information content (AvgIpc) is 3.01. The fraction of sp³-hybridized carbons (Fsp3) is 0.455. The van der Waals surface area contributed by atoms with Crippen LogP contribution < -0.4 is 10.6 Å². The Bertz CT molecular complexity index is 506. The van der Waals surface area contributed by atoms with Gasteiger partial charge in [-0.1, -0.05) is 5.16 Å². The van der Waals surface area contributed by atoms with Gasteiger partial charge in [0, 0.05) is 25.1 Å². The highest BCUT2D eigenvalue weighted by molar-refractivity contribution is 5.95. The molecule has 2 rings (SSSR count). The van der Waals surface area contributed by atoms with Crippen molar-refractivity contribution in [2.75, 3.05) is 6.54 Å². The molecule has 1 saturated carbocycles. The molecule has 1 aromatic rings. The molecule has 0 radical (unpaired) electrons. The number of carbonyl (C=O) groups is 3. The number of carboxylic acids is 1. The van der Waals surface area contributed by atoms with Crippen molar-refractivity contribution in [3.05, 3.63) is 17.5 Å². The van der Waals surface area contributed by atoms with Gasteiger partial charge in [0.05, 0.1) is 0 Å². The van der Waals surface area contributed by atoms with Gasteiger partial charge in [0.15, 0.2) is 5.69 Å². The number of hydrogen-bond acceptors (Lipinski definition) is 5. The number of carbonyl (C=O) groups excluding carboxylic acids is 2. The molecule has 8 heteroatoms. The average molecular weight is 267 g/mol. The lowest BCUT2D eigenvalue weighted by Gasteiger charge is -2.03. The quantitative estimate of drug-likeness (QED) is 0.654. The van der Waals surface area contributed by atoms with Crippen molar-refractivity contribution in [1.82, 2.24) is 15.8 Å². The van der Waals surface area contributed by atoms with Gasteiger partial charge in [0.1, 0.15) is 0 Å². The minimum atomic E-state index is -1.30. The summed E-state index contributed by atoms with van der Waals surface area (Å²) in [6.07, 6.45) is 2.19. The van der Waals surface area contributed by atoms with E-state index in [1.165, 1.54) is 0 Å². The molecule has 1 aliphatic carbocycles. The van der Waals surface area contributed by atoms with Crippen LogP contribution in [0, 0.1) is 0 Å². The summed E-state index contributed by atoms with van der Waals surface area (Å²) >= 11 is 0. The van der Waals surface area contributed by atoms with E-state index in [2.05, 4.69) is 20.3 Å². The predicted molar refractivity (Wildman–Crippen MR) is 61.6 cm³/mol. The Morgan fingerprint density at radius 3 is 2.74 bits per heavy atom. The van der Waals surface area contributed by atoms with E-state index < -0.39 is 17.6 Å². The normalized spacial score (nSPS) is 13.9. The lowest BCUT2D eigenvalue weighted by atomic mass is 10.3. The van der Waals surface area contributed by atoms with Gasteiger partial charge in [-0.15, -0.1) is 0 Å². The number of nitrogens with zero attached hydrogens (tertiary/aromatic N) is 1. The maximum absolute atomic E-state index is 11.5. The molecular formula is C11H13N3O5. The summed E-state index contributed by atoms with van der Waals surface area (Å²) in [4.78, 5) is 33.4. The molecule has 0 bridgehead atoms. The van der Waals surface area contributed by atoms with Gasteiger partial charge in [-0.05, 0) is 12.8 Å². The summed E-state index contributed by atoms with van der Waals surface area (Å²) in [5.41, 5.74) is -0.125. The summed E-state index contributed by atoms with van der Waals surface area (Å²) in [5.74, 6) is -2.39. The van der Waals surface area contributed by atoms with Crippen LogP contribution in [0.15, 0.2) is 10.6 Å². The van der Waals surface area contributed by atoms with Gasteiger partial charge in [-0.3, -0.25) is 9.59 Å². The number of rotatable bonds is 6. The van der Waals surface area contributed by atoms with Gasteiger partial charge in [-0.2, -0.15) is 0 Å². The van der Waals surface area contributed by atoms with Gasteiger partial charge < -0.3 is 20.3 Å². The summed E-state index contributed by atoms with van der Waals surface area (Å²) in [6.45, 7) is 0.159. The first-order valence-electron chi connectivity index (χ1n) is 5.84. The van der Waals surface area contributed by atoms with Gasteiger partial charge in [0.25, 0.3) is 5.91 Å². The topological polar surface area (TPSA) is 122 Å². The number of amides is 2. The lowest BCUT2D eigenvalue weighted by molar-refractivity contribution is -0.121. The Hall–Kier alpha value is -2.38. The van der Waals surface area contributed by atoms with Gasteiger partial charge in [-0.25, -0.2) is 4.79 Å². The molecule has 1 heterocycles. The minimum absolute atomic E-state index is 0.117. The van der Waals surface area contributed by atoms with Crippen LogP contribution in [-0.2, 0) is 4.79 Å². The van der Waals surface area contributed by atoms with Crippen LogP contribution in [0.1, 0.15) is 40.3 Å². The Morgan fingerprint density at radius 1 is 1.42 bits per heavy atom. The third-order valence-corrected chi connectivity index (χ3v) is 2.53. The predicted octanol–water partition coefficient (Wildman–Crippen LogP) is -0.229. The molecule has 0 aromatic carbocycles. The zero-order valence-corrected chi connectivity index (χ0v) is 10.0. The Morgan fingerprint density at radius 2 is 2.16 bits per heavy atom. The highest BCUT2D eigenvalue weighted by Gasteiger charge is 2.23. The van der Waals surface area contributed by atoms with E-state index in [-0.39, 0.29) is 30.6 Å². The second kappa shape index (κ2) is 5.51. The van der Waals surface area contributed by atoms with Crippen molar-refractivity contribution in [3.8, 4) is 0 Å². The number of carboxylic acid groups (broad SMARTS) is 1. The molecule has 19 heavy (non-hydrogen) atoms. The Kier molecular flexibility index (Phi) is 3.79. The van der Waals surface area contributed by atoms with Crippen LogP contribution in [-0.4, -0.2) is 40.6 Å². The molecule has 1 aliphatic rings. The molecular weight excluding hydrogens is 254 g/mol. The number of aromatic carboxylic acids is 1. The fourth-order valence-electron chi connectivity index (χ4n) is 1.39. The zero-order valence-electron chi connectivity index (χ0n) is 10.0. The van der Waals surface area contributed by atoms with Crippen molar-refractivity contribution in [2.24, 2.45) is 0 Å². The van der Waals surface area contributed by atoms with Crippen LogP contribution in [0.2, 0.25) is 0 Å². The van der Waals surface area contributed by atoms with Crippen molar-refractivity contribution >= 4 is 17.8 Å². The van der Waals surface area contributed by atoms with E-state index in [4.69, 9.17) is 5.11 Å². The molecule has 0 saturated heterocycles. The summed E-state index contributed by atoms with van der Waals surface area (Å²) < 4.78 is 4.45. The largest absolute Gasteiger partial charge is 0.475 e. The molecule has 0 spiro atoms.